The number of benzene rings is 2. The summed E-state index contributed by atoms with van der Waals surface area (Å²) in [7, 11) is -3.25. The Morgan fingerprint density at radius 1 is 1.05 bits per heavy atom. The Hall–Kier alpha value is -1.32. The van der Waals surface area contributed by atoms with Gasteiger partial charge in [-0.2, -0.15) is 0 Å². The van der Waals surface area contributed by atoms with E-state index in [0.717, 1.165) is 27.8 Å². The lowest BCUT2D eigenvalue weighted by atomic mass is 9.95. The average molecular weight is 293 g/mol. The molecule has 4 heteroatoms. The van der Waals surface area contributed by atoms with E-state index in [9.17, 15) is 8.42 Å². The summed E-state index contributed by atoms with van der Waals surface area (Å²) in [4.78, 5) is 0.410. The highest BCUT2D eigenvalue weighted by molar-refractivity contribution is 7.90. The Morgan fingerprint density at radius 3 is 2.53 bits per heavy atom. The summed E-state index contributed by atoms with van der Waals surface area (Å²) in [6.45, 7) is 3.86. The molecule has 0 aliphatic carbocycles. The first-order valence-corrected chi connectivity index (χ1v) is 8.04. The van der Waals surface area contributed by atoms with Gasteiger partial charge in [0.05, 0.1) is 10.6 Å². The van der Waals surface area contributed by atoms with Crippen molar-refractivity contribution in [2.75, 3.05) is 0 Å². The topological polar surface area (TPSA) is 34.1 Å². The van der Waals surface area contributed by atoms with Crippen LogP contribution in [0, 0.1) is 13.8 Å². The lowest BCUT2D eigenvalue weighted by Crippen LogP contribution is -2.14. The molecular formula is C15H13ClO2S. The predicted octanol–water partition coefficient (Wildman–Crippen LogP) is 3.91. The minimum atomic E-state index is -3.25. The third-order valence-electron chi connectivity index (χ3n) is 3.53. The fraction of sp³-hybridized carbons (Fsp3) is 0.200. The van der Waals surface area contributed by atoms with Gasteiger partial charge in [-0.15, -0.1) is 0 Å². The molecule has 19 heavy (non-hydrogen) atoms. The molecule has 0 atom stereocenters. The van der Waals surface area contributed by atoms with Gasteiger partial charge in [0.2, 0.25) is 0 Å². The van der Waals surface area contributed by atoms with Gasteiger partial charge in [0.25, 0.3) is 0 Å². The molecule has 0 fully saturated rings. The maximum absolute atomic E-state index is 12.4. The first kappa shape index (κ1) is 12.7. The summed E-state index contributed by atoms with van der Waals surface area (Å²) in [6.07, 6.45) is 0. The first-order valence-electron chi connectivity index (χ1n) is 6.01. The molecule has 0 N–H and O–H groups in total. The Morgan fingerprint density at radius 2 is 1.79 bits per heavy atom. The summed E-state index contributed by atoms with van der Waals surface area (Å²) in [6, 6.07) is 9.12. The van der Waals surface area contributed by atoms with E-state index >= 15 is 0 Å². The number of sulfone groups is 1. The number of hydrogen-bond donors (Lipinski definition) is 0. The standard InChI is InChI=1S/C15H13ClO2S/c1-9-3-4-15-13(5-9)12-7-11(16)6-10(2)14(12)8-19(15,17)18/h3-7H,8H2,1-2H3. The largest absolute Gasteiger partial charge is 0.223 e. The lowest BCUT2D eigenvalue weighted by Gasteiger charge is -2.22. The quantitative estimate of drug-likeness (QED) is 0.738. The summed E-state index contributed by atoms with van der Waals surface area (Å²) >= 11 is 6.11. The zero-order chi connectivity index (χ0) is 13.8. The van der Waals surface area contributed by atoms with Crippen LogP contribution in [-0.4, -0.2) is 8.42 Å². The second-order valence-corrected chi connectivity index (χ2v) is 7.40. The van der Waals surface area contributed by atoms with Crippen LogP contribution in [0.25, 0.3) is 11.1 Å². The number of aryl methyl sites for hydroxylation is 2. The molecule has 0 bridgehead atoms. The van der Waals surface area contributed by atoms with Crippen LogP contribution in [0.2, 0.25) is 5.02 Å². The summed E-state index contributed by atoms with van der Waals surface area (Å²) < 4.78 is 24.7. The number of halogens is 1. The van der Waals surface area contributed by atoms with Crippen LogP contribution in [0.3, 0.4) is 0 Å². The van der Waals surface area contributed by atoms with Gasteiger partial charge in [-0.3, -0.25) is 0 Å². The molecule has 0 saturated carbocycles. The van der Waals surface area contributed by atoms with Crippen molar-refractivity contribution in [1.82, 2.24) is 0 Å². The Balaban J connectivity index is 2.45. The normalized spacial score (nSPS) is 15.7. The third kappa shape index (κ3) is 1.97. The van der Waals surface area contributed by atoms with Gasteiger partial charge >= 0.3 is 0 Å². The predicted molar refractivity (Wildman–Crippen MR) is 77.3 cm³/mol. The monoisotopic (exact) mass is 292 g/mol. The van der Waals surface area contributed by atoms with Crippen molar-refractivity contribution < 1.29 is 8.42 Å². The van der Waals surface area contributed by atoms with E-state index in [0.29, 0.717) is 9.92 Å². The van der Waals surface area contributed by atoms with E-state index in [-0.39, 0.29) is 5.75 Å². The molecule has 0 saturated heterocycles. The fourth-order valence-corrected chi connectivity index (χ4v) is 4.57. The molecule has 2 nitrogen and oxygen atoms in total. The van der Waals surface area contributed by atoms with Crippen LogP contribution in [0.4, 0.5) is 0 Å². The van der Waals surface area contributed by atoms with Crippen molar-refractivity contribution in [3.05, 3.63) is 52.0 Å². The van der Waals surface area contributed by atoms with Crippen LogP contribution in [-0.2, 0) is 15.6 Å². The highest BCUT2D eigenvalue weighted by Gasteiger charge is 2.29. The lowest BCUT2D eigenvalue weighted by molar-refractivity contribution is 0.594. The van der Waals surface area contributed by atoms with Gasteiger partial charge < -0.3 is 0 Å². The molecule has 0 amide bonds. The molecule has 2 aromatic carbocycles. The Kier molecular flexibility index (Phi) is 2.73. The van der Waals surface area contributed by atoms with Crippen molar-refractivity contribution in [3.63, 3.8) is 0 Å². The van der Waals surface area contributed by atoms with E-state index in [4.69, 9.17) is 11.6 Å². The van der Waals surface area contributed by atoms with Crippen molar-refractivity contribution in [2.24, 2.45) is 0 Å². The van der Waals surface area contributed by atoms with Crippen molar-refractivity contribution in [2.45, 2.75) is 24.5 Å². The Bertz CT molecular complexity index is 792. The van der Waals surface area contributed by atoms with E-state index in [1.54, 1.807) is 6.07 Å². The van der Waals surface area contributed by atoms with Crippen molar-refractivity contribution in [3.8, 4) is 11.1 Å². The van der Waals surface area contributed by atoms with Crippen LogP contribution in [0.1, 0.15) is 16.7 Å². The first-order chi connectivity index (χ1) is 8.88. The zero-order valence-corrected chi connectivity index (χ0v) is 12.3. The molecule has 2 aromatic rings. The number of fused-ring (bicyclic) bond motifs is 3. The van der Waals surface area contributed by atoms with Gasteiger partial charge in [-0.05, 0) is 48.7 Å². The van der Waals surface area contributed by atoms with Gasteiger partial charge in [0.15, 0.2) is 9.84 Å². The molecule has 3 rings (SSSR count). The van der Waals surface area contributed by atoms with Crippen molar-refractivity contribution in [1.29, 1.82) is 0 Å². The number of hydrogen-bond acceptors (Lipinski definition) is 2. The van der Waals surface area contributed by atoms with Crippen LogP contribution in [0.15, 0.2) is 35.2 Å². The third-order valence-corrected chi connectivity index (χ3v) is 5.45. The summed E-state index contributed by atoms with van der Waals surface area (Å²) in [5.74, 6) is 0.0569. The summed E-state index contributed by atoms with van der Waals surface area (Å²) in [5.41, 5.74) is 4.55. The van der Waals surface area contributed by atoms with E-state index in [1.165, 1.54) is 0 Å². The second kappa shape index (κ2) is 4.09. The van der Waals surface area contributed by atoms with E-state index in [2.05, 4.69) is 0 Å². The molecule has 0 unspecified atom stereocenters. The molecule has 1 aliphatic rings. The number of rotatable bonds is 0. The maximum atomic E-state index is 12.4. The summed E-state index contributed by atoms with van der Waals surface area (Å²) in [5, 5.41) is 0.642. The van der Waals surface area contributed by atoms with Gasteiger partial charge in [0, 0.05) is 10.6 Å². The SMILES string of the molecule is Cc1ccc2c(c1)-c1cc(Cl)cc(C)c1CS2(=O)=O. The molecule has 0 aromatic heterocycles. The average Bonchev–Trinajstić information content (AvgIpc) is 2.30. The minimum Gasteiger partial charge on any atom is -0.223 e. The molecule has 0 radical (unpaired) electrons. The van der Waals surface area contributed by atoms with Gasteiger partial charge in [0.1, 0.15) is 0 Å². The van der Waals surface area contributed by atoms with Crippen molar-refractivity contribution >= 4 is 21.4 Å². The molecule has 0 spiro atoms. The molecular weight excluding hydrogens is 280 g/mol. The Labute approximate surface area is 118 Å². The van der Waals surface area contributed by atoms with Crippen LogP contribution >= 0.6 is 11.6 Å². The zero-order valence-electron chi connectivity index (χ0n) is 10.7. The molecule has 98 valence electrons. The van der Waals surface area contributed by atoms with Crippen LogP contribution in [0.5, 0.6) is 0 Å². The van der Waals surface area contributed by atoms with Gasteiger partial charge in [-0.25, -0.2) is 8.42 Å². The fourth-order valence-electron chi connectivity index (χ4n) is 2.60. The van der Waals surface area contributed by atoms with Gasteiger partial charge in [-0.1, -0.05) is 29.3 Å². The highest BCUT2D eigenvalue weighted by Crippen LogP contribution is 2.40. The van der Waals surface area contributed by atoms with Crippen LogP contribution < -0.4 is 0 Å². The molecule has 1 aliphatic heterocycles. The second-order valence-electron chi connectivity index (χ2n) is 5.01. The highest BCUT2D eigenvalue weighted by atomic mass is 35.5. The minimum absolute atomic E-state index is 0.0569. The smallest absolute Gasteiger partial charge is 0.183 e. The maximum Gasteiger partial charge on any atom is 0.183 e. The van der Waals surface area contributed by atoms with E-state index in [1.807, 2.05) is 38.1 Å². The van der Waals surface area contributed by atoms with E-state index < -0.39 is 9.84 Å². The molecule has 1 heterocycles.